The molecule has 1 aromatic carbocycles. The van der Waals surface area contributed by atoms with Gasteiger partial charge >= 0.3 is 0 Å². The highest BCUT2D eigenvalue weighted by molar-refractivity contribution is 7.84. The normalized spacial score (nSPS) is 13.8. The number of aromatic nitrogens is 1. The number of ether oxygens (including phenoxy) is 1. The first-order valence-electron chi connectivity index (χ1n) is 7.74. The molecule has 0 saturated heterocycles. The van der Waals surface area contributed by atoms with Crippen LogP contribution in [0.15, 0.2) is 47.5 Å². The van der Waals surface area contributed by atoms with Gasteiger partial charge < -0.3 is 10.1 Å². The minimum atomic E-state index is -0.938. The summed E-state index contributed by atoms with van der Waals surface area (Å²) in [5, 5.41) is 3.48. The Kier molecular flexibility index (Phi) is 6.30. The summed E-state index contributed by atoms with van der Waals surface area (Å²) in [6, 6.07) is 12.0. The molecule has 0 aliphatic heterocycles. The Labute approximate surface area is 140 Å². The summed E-state index contributed by atoms with van der Waals surface area (Å²) < 4.78 is 17.2. The fourth-order valence-corrected chi connectivity index (χ4v) is 2.74. The van der Waals surface area contributed by atoms with Crippen LogP contribution in [0.25, 0.3) is 0 Å². The maximum atomic E-state index is 11.4. The first kappa shape index (κ1) is 17.6. The zero-order valence-electron chi connectivity index (χ0n) is 14.1. The third-order valence-electron chi connectivity index (χ3n) is 3.51. The molecule has 0 saturated carbocycles. The van der Waals surface area contributed by atoms with Crippen molar-refractivity contribution in [1.29, 1.82) is 0 Å². The lowest BCUT2D eigenvalue weighted by Gasteiger charge is -2.17. The van der Waals surface area contributed by atoms with Crippen molar-refractivity contribution in [3.63, 3.8) is 0 Å². The lowest BCUT2D eigenvalue weighted by Crippen LogP contribution is -2.19. The summed E-state index contributed by atoms with van der Waals surface area (Å²) in [5.41, 5.74) is 2.20. The SMILES string of the molecule is CC(C)Oc1ncccc1CN[C@@H](C)c1ccc([S@@](C)=O)cc1. The molecule has 0 spiro atoms. The predicted molar refractivity (Wildman–Crippen MR) is 94.0 cm³/mol. The molecular formula is C18H24N2O2S. The highest BCUT2D eigenvalue weighted by atomic mass is 32.2. The molecule has 0 bridgehead atoms. The van der Waals surface area contributed by atoms with E-state index in [4.69, 9.17) is 4.74 Å². The molecule has 2 rings (SSSR count). The summed E-state index contributed by atoms with van der Waals surface area (Å²) in [4.78, 5) is 5.15. The predicted octanol–water partition coefficient (Wildman–Crippen LogP) is 3.46. The number of benzene rings is 1. The van der Waals surface area contributed by atoms with Gasteiger partial charge in [-0.2, -0.15) is 0 Å². The van der Waals surface area contributed by atoms with Crippen molar-refractivity contribution in [2.75, 3.05) is 6.26 Å². The molecular weight excluding hydrogens is 308 g/mol. The molecule has 0 radical (unpaired) electrons. The summed E-state index contributed by atoms with van der Waals surface area (Å²) >= 11 is 0. The van der Waals surface area contributed by atoms with Gasteiger partial charge in [-0.25, -0.2) is 4.98 Å². The fraction of sp³-hybridized carbons (Fsp3) is 0.389. The quantitative estimate of drug-likeness (QED) is 0.844. The molecule has 5 heteroatoms. The fourth-order valence-electron chi connectivity index (χ4n) is 2.22. The van der Waals surface area contributed by atoms with Crippen LogP contribution in [-0.4, -0.2) is 21.6 Å². The third-order valence-corrected chi connectivity index (χ3v) is 4.44. The Morgan fingerprint density at radius 1 is 1.17 bits per heavy atom. The van der Waals surface area contributed by atoms with Gasteiger partial charge in [0.1, 0.15) is 0 Å². The smallest absolute Gasteiger partial charge is 0.218 e. The van der Waals surface area contributed by atoms with E-state index in [1.165, 1.54) is 0 Å². The Bertz CT molecular complexity index is 656. The molecule has 0 aliphatic rings. The van der Waals surface area contributed by atoms with E-state index in [1.54, 1.807) is 12.5 Å². The van der Waals surface area contributed by atoms with Gasteiger partial charge in [-0.05, 0) is 44.5 Å². The van der Waals surface area contributed by atoms with Gasteiger partial charge in [0.25, 0.3) is 0 Å². The largest absolute Gasteiger partial charge is 0.475 e. The Hall–Kier alpha value is -1.72. The first-order valence-corrected chi connectivity index (χ1v) is 9.30. The van der Waals surface area contributed by atoms with Gasteiger partial charge in [-0.15, -0.1) is 0 Å². The Morgan fingerprint density at radius 3 is 2.48 bits per heavy atom. The van der Waals surface area contributed by atoms with E-state index in [2.05, 4.69) is 17.2 Å². The second kappa shape index (κ2) is 8.22. The van der Waals surface area contributed by atoms with E-state index >= 15 is 0 Å². The average Bonchev–Trinajstić information content (AvgIpc) is 2.53. The molecule has 1 aromatic heterocycles. The molecule has 0 unspecified atom stereocenters. The van der Waals surface area contributed by atoms with Crippen molar-refractivity contribution >= 4 is 10.8 Å². The topological polar surface area (TPSA) is 51.2 Å². The standard InChI is InChI=1S/C18H24N2O2S/c1-13(2)22-18-16(6-5-11-19-18)12-20-14(3)15-7-9-17(10-8-15)23(4)21/h5-11,13-14,20H,12H2,1-4H3/t14-,23+/m0/s1. The minimum absolute atomic E-state index is 0.100. The maximum absolute atomic E-state index is 11.4. The number of rotatable bonds is 7. The molecule has 0 aliphatic carbocycles. The lowest BCUT2D eigenvalue weighted by molar-refractivity contribution is 0.229. The number of nitrogens with zero attached hydrogens (tertiary/aromatic N) is 1. The van der Waals surface area contributed by atoms with E-state index in [0.29, 0.717) is 12.4 Å². The van der Waals surface area contributed by atoms with Crippen molar-refractivity contribution in [2.45, 2.75) is 44.4 Å². The van der Waals surface area contributed by atoms with Crippen LogP contribution in [0.1, 0.15) is 37.9 Å². The van der Waals surface area contributed by atoms with Crippen LogP contribution in [0.5, 0.6) is 5.88 Å². The number of hydrogen-bond donors (Lipinski definition) is 1. The third kappa shape index (κ3) is 5.15. The van der Waals surface area contributed by atoms with E-state index in [-0.39, 0.29) is 12.1 Å². The molecule has 23 heavy (non-hydrogen) atoms. The van der Waals surface area contributed by atoms with Gasteiger partial charge in [0.05, 0.1) is 6.10 Å². The molecule has 4 nitrogen and oxygen atoms in total. The Balaban J connectivity index is 2.01. The number of hydrogen-bond acceptors (Lipinski definition) is 4. The van der Waals surface area contributed by atoms with Crippen molar-refractivity contribution < 1.29 is 8.95 Å². The van der Waals surface area contributed by atoms with Crippen LogP contribution in [0.2, 0.25) is 0 Å². The summed E-state index contributed by atoms with van der Waals surface area (Å²) in [6.45, 7) is 6.78. The zero-order valence-corrected chi connectivity index (χ0v) is 14.9. The summed E-state index contributed by atoms with van der Waals surface area (Å²) in [5.74, 6) is 0.680. The monoisotopic (exact) mass is 332 g/mol. The van der Waals surface area contributed by atoms with Gasteiger partial charge in [0, 0.05) is 46.3 Å². The van der Waals surface area contributed by atoms with E-state index in [0.717, 1.165) is 16.0 Å². The highest BCUT2D eigenvalue weighted by Crippen LogP contribution is 2.19. The van der Waals surface area contributed by atoms with Crippen LogP contribution >= 0.6 is 0 Å². The maximum Gasteiger partial charge on any atom is 0.218 e. The van der Waals surface area contributed by atoms with E-state index < -0.39 is 10.8 Å². The first-order chi connectivity index (χ1) is 11.0. The molecule has 2 atom stereocenters. The van der Waals surface area contributed by atoms with Crippen LogP contribution in [-0.2, 0) is 17.3 Å². The zero-order chi connectivity index (χ0) is 16.8. The molecule has 1 heterocycles. The van der Waals surface area contributed by atoms with Crippen molar-refractivity contribution in [3.05, 3.63) is 53.7 Å². The highest BCUT2D eigenvalue weighted by Gasteiger charge is 2.10. The van der Waals surface area contributed by atoms with Gasteiger partial charge in [0.15, 0.2) is 0 Å². The molecule has 0 amide bonds. The second-order valence-electron chi connectivity index (χ2n) is 5.76. The van der Waals surface area contributed by atoms with Crippen molar-refractivity contribution in [3.8, 4) is 5.88 Å². The van der Waals surface area contributed by atoms with Crippen molar-refractivity contribution in [1.82, 2.24) is 10.3 Å². The number of pyridine rings is 1. The van der Waals surface area contributed by atoms with Gasteiger partial charge in [0.2, 0.25) is 5.88 Å². The molecule has 2 aromatic rings. The second-order valence-corrected chi connectivity index (χ2v) is 7.14. The molecule has 0 fully saturated rings. The van der Waals surface area contributed by atoms with Gasteiger partial charge in [-0.3, -0.25) is 4.21 Å². The Morgan fingerprint density at radius 2 is 1.87 bits per heavy atom. The van der Waals surface area contributed by atoms with Crippen LogP contribution in [0.4, 0.5) is 0 Å². The molecule has 1 N–H and O–H groups in total. The van der Waals surface area contributed by atoms with Crippen LogP contribution < -0.4 is 10.1 Å². The summed E-state index contributed by atoms with van der Waals surface area (Å²) in [7, 11) is -0.938. The van der Waals surface area contributed by atoms with Crippen LogP contribution in [0, 0.1) is 0 Å². The summed E-state index contributed by atoms with van der Waals surface area (Å²) in [6.07, 6.45) is 3.53. The van der Waals surface area contributed by atoms with E-state index in [1.807, 2.05) is 50.2 Å². The van der Waals surface area contributed by atoms with E-state index in [9.17, 15) is 4.21 Å². The lowest BCUT2D eigenvalue weighted by atomic mass is 10.1. The minimum Gasteiger partial charge on any atom is -0.475 e. The van der Waals surface area contributed by atoms with Crippen LogP contribution in [0.3, 0.4) is 0 Å². The molecule has 124 valence electrons. The van der Waals surface area contributed by atoms with Gasteiger partial charge in [-0.1, -0.05) is 18.2 Å². The van der Waals surface area contributed by atoms with Crippen molar-refractivity contribution in [2.24, 2.45) is 0 Å². The number of nitrogens with one attached hydrogen (secondary N) is 1. The average molecular weight is 332 g/mol.